The maximum Gasteiger partial charge on any atom is 0.283 e. The molecule has 3 heterocycles. The van der Waals surface area contributed by atoms with Crippen molar-refractivity contribution in [1.82, 2.24) is 9.58 Å². The summed E-state index contributed by atoms with van der Waals surface area (Å²) in [7, 11) is 0. The summed E-state index contributed by atoms with van der Waals surface area (Å²) in [4.78, 5) is 16.4. The molecule has 4 rings (SSSR count). The molecular formula is C20H19N5OS. The molecule has 0 bridgehead atoms. The minimum absolute atomic E-state index is 0.0587. The number of fused-ring (bicyclic) bond motifs is 1. The van der Waals surface area contributed by atoms with E-state index in [9.17, 15) is 4.79 Å². The number of carbonyl (C=O) groups is 1. The maximum absolute atomic E-state index is 12.4. The van der Waals surface area contributed by atoms with Crippen molar-refractivity contribution in [3.63, 3.8) is 0 Å². The van der Waals surface area contributed by atoms with Crippen molar-refractivity contribution in [3.8, 4) is 5.69 Å². The lowest BCUT2D eigenvalue weighted by molar-refractivity contribution is -0.114. The molecule has 0 unspecified atom stereocenters. The number of nitrogens with zero attached hydrogens (tertiary/aromatic N) is 4. The fraction of sp³-hybridized carbons (Fsp3) is 0.200. The Morgan fingerprint density at radius 3 is 2.67 bits per heavy atom. The van der Waals surface area contributed by atoms with E-state index in [2.05, 4.69) is 45.9 Å². The second kappa shape index (κ2) is 6.66. The third-order valence-corrected chi connectivity index (χ3v) is 5.44. The van der Waals surface area contributed by atoms with Crippen LogP contribution >= 0.6 is 11.8 Å². The number of hydrogen-bond acceptors (Lipinski definition) is 4. The third-order valence-electron chi connectivity index (χ3n) is 4.77. The van der Waals surface area contributed by atoms with Crippen LogP contribution in [-0.2, 0) is 11.2 Å². The van der Waals surface area contributed by atoms with Crippen molar-refractivity contribution < 1.29 is 4.79 Å². The van der Waals surface area contributed by atoms with Gasteiger partial charge >= 0.3 is 0 Å². The van der Waals surface area contributed by atoms with Crippen LogP contribution in [0.1, 0.15) is 29.4 Å². The van der Waals surface area contributed by atoms with Gasteiger partial charge in [-0.05, 0) is 67.4 Å². The maximum atomic E-state index is 12.4. The number of amides is 1. The molecular weight excluding hydrogens is 358 g/mol. The number of hydrazone groups is 1. The average molecular weight is 377 g/mol. The fourth-order valence-corrected chi connectivity index (χ4v) is 3.91. The van der Waals surface area contributed by atoms with Crippen molar-refractivity contribution in [2.24, 2.45) is 10.1 Å². The summed E-state index contributed by atoms with van der Waals surface area (Å²) in [6.07, 6.45) is 2.74. The van der Waals surface area contributed by atoms with Crippen LogP contribution < -0.4 is 0 Å². The van der Waals surface area contributed by atoms with Gasteiger partial charge in [-0.1, -0.05) is 19.1 Å². The molecule has 1 aromatic heterocycles. The third kappa shape index (κ3) is 2.94. The van der Waals surface area contributed by atoms with Crippen LogP contribution in [-0.4, -0.2) is 32.0 Å². The number of aromatic nitrogens is 1. The van der Waals surface area contributed by atoms with Gasteiger partial charge < -0.3 is 4.57 Å². The zero-order valence-electron chi connectivity index (χ0n) is 15.4. The van der Waals surface area contributed by atoms with E-state index in [4.69, 9.17) is 5.41 Å². The molecule has 0 saturated carbocycles. The van der Waals surface area contributed by atoms with E-state index in [1.54, 1.807) is 11.6 Å². The number of amidine groups is 2. The summed E-state index contributed by atoms with van der Waals surface area (Å²) < 4.78 is 2.15. The first kappa shape index (κ1) is 17.5. The van der Waals surface area contributed by atoms with E-state index in [1.807, 2.05) is 19.9 Å². The van der Waals surface area contributed by atoms with Gasteiger partial charge in [0.15, 0.2) is 11.0 Å². The Bertz CT molecular complexity index is 1040. The summed E-state index contributed by atoms with van der Waals surface area (Å²) in [6, 6.07) is 10.5. The highest BCUT2D eigenvalue weighted by atomic mass is 32.2. The summed E-state index contributed by atoms with van der Waals surface area (Å²) in [5.74, 6) is -0.343. The van der Waals surface area contributed by atoms with Crippen molar-refractivity contribution in [3.05, 3.63) is 58.4 Å². The number of thioether (sulfide) groups is 1. The summed E-state index contributed by atoms with van der Waals surface area (Å²) >= 11 is 1.24. The zero-order valence-corrected chi connectivity index (χ0v) is 16.2. The van der Waals surface area contributed by atoms with Gasteiger partial charge in [0.05, 0.1) is 11.1 Å². The molecule has 1 aromatic carbocycles. The van der Waals surface area contributed by atoms with Crippen LogP contribution in [0.4, 0.5) is 0 Å². The Hall–Kier alpha value is -2.93. The molecule has 0 aliphatic carbocycles. The van der Waals surface area contributed by atoms with Crippen LogP contribution in [0.5, 0.6) is 0 Å². The van der Waals surface area contributed by atoms with E-state index >= 15 is 0 Å². The van der Waals surface area contributed by atoms with E-state index in [0.717, 1.165) is 29.1 Å². The number of benzene rings is 1. The largest absolute Gasteiger partial charge is 0.318 e. The predicted molar refractivity (Wildman–Crippen MR) is 111 cm³/mol. The van der Waals surface area contributed by atoms with E-state index in [1.165, 1.54) is 22.3 Å². The summed E-state index contributed by atoms with van der Waals surface area (Å²) in [5.41, 5.74) is 7.18. The van der Waals surface area contributed by atoms with Gasteiger partial charge in [-0.2, -0.15) is 15.1 Å². The Labute approximate surface area is 161 Å². The molecule has 2 aliphatic rings. The Morgan fingerprint density at radius 1 is 1.22 bits per heavy atom. The Balaban J connectivity index is 1.75. The van der Waals surface area contributed by atoms with E-state index in [-0.39, 0.29) is 11.4 Å². The molecule has 0 spiro atoms. The number of rotatable bonds is 3. The monoisotopic (exact) mass is 377 g/mol. The molecule has 27 heavy (non-hydrogen) atoms. The molecule has 136 valence electrons. The lowest BCUT2D eigenvalue weighted by Gasteiger charge is -2.20. The molecule has 0 atom stereocenters. The van der Waals surface area contributed by atoms with E-state index < -0.39 is 5.91 Å². The van der Waals surface area contributed by atoms with Crippen LogP contribution in [0.25, 0.3) is 11.8 Å². The van der Waals surface area contributed by atoms with Gasteiger partial charge in [0.25, 0.3) is 5.91 Å². The number of aryl methyl sites for hydroxylation is 2. The predicted octanol–water partition coefficient (Wildman–Crippen LogP) is 3.91. The lowest BCUT2D eigenvalue weighted by Crippen LogP contribution is -2.35. The number of nitrogens with one attached hydrogen (secondary N) is 1. The average Bonchev–Trinajstić information content (AvgIpc) is 3.23. The van der Waals surface area contributed by atoms with Crippen LogP contribution in [0.3, 0.4) is 0 Å². The van der Waals surface area contributed by atoms with Gasteiger partial charge in [0, 0.05) is 17.1 Å². The highest BCUT2D eigenvalue weighted by molar-refractivity contribution is 8.25. The molecule has 6 nitrogen and oxygen atoms in total. The van der Waals surface area contributed by atoms with Gasteiger partial charge in [-0.25, -0.2) is 0 Å². The van der Waals surface area contributed by atoms with Crippen LogP contribution in [0, 0.1) is 19.3 Å². The standard InChI is InChI=1S/C20H19N5OS/c1-4-14-5-7-16(8-6-14)24-12(2)9-15(13(24)3)10-17-18(21)25-20(23-19(17)26)27-11-22-25/h5-11,21H,4H2,1-3H3. The van der Waals surface area contributed by atoms with Gasteiger partial charge in [0.2, 0.25) is 0 Å². The summed E-state index contributed by atoms with van der Waals surface area (Å²) in [6.45, 7) is 6.19. The number of hydrogen-bond donors (Lipinski definition) is 1. The highest BCUT2D eigenvalue weighted by Crippen LogP contribution is 2.27. The molecule has 7 heteroatoms. The molecule has 0 fully saturated rings. The molecule has 1 N–H and O–H groups in total. The van der Waals surface area contributed by atoms with Crippen molar-refractivity contribution in [2.45, 2.75) is 27.2 Å². The summed E-state index contributed by atoms with van der Waals surface area (Å²) in [5, 5.41) is 14.2. The first-order valence-corrected chi connectivity index (χ1v) is 9.58. The molecule has 0 radical (unpaired) electrons. The Kier molecular flexibility index (Phi) is 4.31. The van der Waals surface area contributed by atoms with Crippen molar-refractivity contribution in [2.75, 3.05) is 0 Å². The van der Waals surface area contributed by atoms with E-state index in [0.29, 0.717) is 5.17 Å². The second-order valence-electron chi connectivity index (χ2n) is 6.44. The van der Waals surface area contributed by atoms with Gasteiger partial charge in [0.1, 0.15) is 0 Å². The van der Waals surface area contributed by atoms with Crippen molar-refractivity contribution in [1.29, 1.82) is 5.41 Å². The van der Waals surface area contributed by atoms with Crippen LogP contribution in [0.2, 0.25) is 0 Å². The SMILES string of the molecule is CCc1ccc(-n2c(C)cc(C=C3C(=N)N4N=CSC4=NC3=O)c2C)cc1. The lowest BCUT2D eigenvalue weighted by atomic mass is 10.1. The normalized spacial score (nSPS) is 17.7. The quantitative estimate of drug-likeness (QED) is 0.824. The van der Waals surface area contributed by atoms with Gasteiger partial charge in [-0.3, -0.25) is 10.2 Å². The first-order valence-electron chi connectivity index (χ1n) is 8.70. The number of carbonyl (C=O) groups excluding carboxylic acids is 1. The smallest absolute Gasteiger partial charge is 0.283 e. The molecule has 2 aliphatic heterocycles. The first-order chi connectivity index (χ1) is 13.0. The molecule has 0 saturated heterocycles. The fourth-order valence-electron chi connectivity index (χ4n) is 3.30. The minimum atomic E-state index is -0.402. The number of aliphatic imine (C=N–C) groups is 1. The Morgan fingerprint density at radius 2 is 1.96 bits per heavy atom. The van der Waals surface area contributed by atoms with Crippen LogP contribution in [0.15, 0.2) is 46.0 Å². The molecule has 1 amide bonds. The second-order valence-corrected chi connectivity index (χ2v) is 7.25. The zero-order chi connectivity index (χ0) is 19.1. The highest BCUT2D eigenvalue weighted by Gasteiger charge is 2.32. The van der Waals surface area contributed by atoms with Crippen molar-refractivity contribution >= 4 is 40.3 Å². The minimum Gasteiger partial charge on any atom is -0.318 e. The topological polar surface area (TPSA) is 73.8 Å². The van der Waals surface area contributed by atoms with Gasteiger partial charge in [-0.15, -0.1) is 0 Å². The molecule has 2 aromatic rings.